The molecule has 1 aliphatic rings. The average Bonchev–Trinajstić information content (AvgIpc) is 3.04. The highest BCUT2D eigenvalue weighted by molar-refractivity contribution is 7.13. The van der Waals surface area contributed by atoms with Gasteiger partial charge < -0.3 is 4.90 Å². The predicted octanol–water partition coefficient (Wildman–Crippen LogP) is 2.86. The molecular formula is C16H17FN4S. The number of piperazine rings is 1. The van der Waals surface area contributed by atoms with Crippen LogP contribution in [0.2, 0.25) is 0 Å². The van der Waals surface area contributed by atoms with Crippen LogP contribution in [0.15, 0.2) is 29.8 Å². The SMILES string of the molecule is CC1CN(Cc2cc(C#N)ccc2F)CCN1c1nccs1. The van der Waals surface area contributed by atoms with Crippen LogP contribution in [-0.2, 0) is 6.54 Å². The van der Waals surface area contributed by atoms with Crippen LogP contribution in [0.3, 0.4) is 0 Å². The van der Waals surface area contributed by atoms with Gasteiger partial charge in [0.05, 0.1) is 11.6 Å². The van der Waals surface area contributed by atoms with E-state index < -0.39 is 0 Å². The van der Waals surface area contributed by atoms with Gasteiger partial charge in [0.25, 0.3) is 0 Å². The highest BCUT2D eigenvalue weighted by atomic mass is 32.1. The number of hydrogen-bond donors (Lipinski definition) is 0. The molecule has 1 fully saturated rings. The molecule has 0 saturated carbocycles. The van der Waals surface area contributed by atoms with Crippen molar-refractivity contribution in [2.24, 2.45) is 0 Å². The molecule has 0 bridgehead atoms. The van der Waals surface area contributed by atoms with E-state index in [2.05, 4.69) is 27.8 Å². The summed E-state index contributed by atoms with van der Waals surface area (Å²) < 4.78 is 13.9. The number of thiazole rings is 1. The Balaban J connectivity index is 1.68. The Hall–Kier alpha value is -1.97. The van der Waals surface area contributed by atoms with E-state index in [-0.39, 0.29) is 5.82 Å². The zero-order valence-corrected chi connectivity index (χ0v) is 13.2. The lowest BCUT2D eigenvalue weighted by atomic mass is 10.1. The summed E-state index contributed by atoms with van der Waals surface area (Å²) in [4.78, 5) is 8.89. The molecule has 1 unspecified atom stereocenters. The summed E-state index contributed by atoms with van der Waals surface area (Å²) >= 11 is 1.65. The Labute approximate surface area is 133 Å². The summed E-state index contributed by atoms with van der Waals surface area (Å²) in [6, 6.07) is 6.94. The first-order valence-corrected chi connectivity index (χ1v) is 8.12. The van der Waals surface area contributed by atoms with Gasteiger partial charge in [0.15, 0.2) is 5.13 Å². The third-order valence-corrected chi connectivity index (χ3v) is 4.75. The molecule has 1 atom stereocenters. The summed E-state index contributed by atoms with van der Waals surface area (Å²) in [6.07, 6.45) is 1.82. The third kappa shape index (κ3) is 3.11. The van der Waals surface area contributed by atoms with Crippen molar-refractivity contribution in [2.75, 3.05) is 24.5 Å². The molecule has 0 amide bonds. The van der Waals surface area contributed by atoms with Gasteiger partial charge >= 0.3 is 0 Å². The van der Waals surface area contributed by atoms with Crippen molar-refractivity contribution in [1.29, 1.82) is 5.26 Å². The first-order chi connectivity index (χ1) is 10.7. The van der Waals surface area contributed by atoms with Gasteiger partial charge in [0, 0.05) is 49.4 Å². The molecule has 114 valence electrons. The van der Waals surface area contributed by atoms with E-state index in [9.17, 15) is 4.39 Å². The quantitative estimate of drug-likeness (QED) is 0.873. The molecule has 4 nitrogen and oxygen atoms in total. The predicted molar refractivity (Wildman–Crippen MR) is 85.3 cm³/mol. The minimum atomic E-state index is -0.242. The van der Waals surface area contributed by atoms with E-state index in [1.54, 1.807) is 17.4 Å². The second kappa shape index (κ2) is 6.42. The van der Waals surface area contributed by atoms with Crippen molar-refractivity contribution < 1.29 is 4.39 Å². The fraction of sp³-hybridized carbons (Fsp3) is 0.375. The fourth-order valence-corrected chi connectivity index (χ4v) is 3.60. The maximum absolute atomic E-state index is 13.9. The molecule has 6 heteroatoms. The highest BCUT2D eigenvalue weighted by Crippen LogP contribution is 2.23. The van der Waals surface area contributed by atoms with E-state index >= 15 is 0 Å². The number of rotatable bonds is 3. The molecule has 3 rings (SSSR count). The zero-order valence-electron chi connectivity index (χ0n) is 12.4. The van der Waals surface area contributed by atoms with Gasteiger partial charge in [-0.15, -0.1) is 11.3 Å². The molecule has 0 radical (unpaired) electrons. The number of anilines is 1. The number of nitriles is 1. The second-order valence-corrected chi connectivity index (χ2v) is 6.38. The van der Waals surface area contributed by atoms with Gasteiger partial charge in [0.2, 0.25) is 0 Å². The fourth-order valence-electron chi connectivity index (χ4n) is 2.82. The Morgan fingerprint density at radius 3 is 3.00 bits per heavy atom. The number of halogens is 1. The Bertz CT molecular complexity index is 680. The summed E-state index contributed by atoms with van der Waals surface area (Å²) in [6.45, 7) is 5.30. The normalized spacial score (nSPS) is 19.1. The molecule has 22 heavy (non-hydrogen) atoms. The molecule has 1 aromatic carbocycles. The minimum absolute atomic E-state index is 0.242. The lowest BCUT2D eigenvalue weighted by Gasteiger charge is -2.39. The largest absolute Gasteiger partial charge is 0.343 e. The molecular weight excluding hydrogens is 299 g/mol. The average molecular weight is 316 g/mol. The minimum Gasteiger partial charge on any atom is -0.343 e. The molecule has 0 spiro atoms. The maximum Gasteiger partial charge on any atom is 0.185 e. The van der Waals surface area contributed by atoms with E-state index in [4.69, 9.17) is 5.26 Å². The van der Waals surface area contributed by atoms with Gasteiger partial charge in [-0.2, -0.15) is 5.26 Å². The Kier molecular flexibility index (Phi) is 4.36. The van der Waals surface area contributed by atoms with E-state index in [0.717, 1.165) is 24.8 Å². The van der Waals surface area contributed by atoms with Crippen LogP contribution in [0.25, 0.3) is 0 Å². The standard InChI is InChI=1S/C16H17FN4S/c1-12-10-20(5-6-21(12)16-19-4-7-22-16)11-14-8-13(9-18)2-3-15(14)17/h2-4,7-8,12H,5-6,10-11H2,1H3. The van der Waals surface area contributed by atoms with Gasteiger partial charge in [0.1, 0.15) is 5.82 Å². The van der Waals surface area contributed by atoms with E-state index in [0.29, 0.717) is 23.7 Å². The van der Waals surface area contributed by atoms with Crippen molar-refractivity contribution in [3.63, 3.8) is 0 Å². The van der Waals surface area contributed by atoms with Gasteiger partial charge in [-0.05, 0) is 25.1 Å². The highest BCUT2D eigenvalue weighted by Gasteiger charge is 2.25. The Morgan fingerprint density at radius 2 is 2.32 bits per heavy atom. The first-order valence-electron chi connectivity index (χ1n) is 7.24. The van der Waals surface area contributed by atoms with Crippen LogP contribution in [0, 0.1) is 17.1 Å². The van der Waals surface area contributed by atoms with Crippen molar-refractivity contribution in [3.05, 3.63) is 46.7 Å². The number of benzene rings is 1. The van der Waals surface area contributed by atoms with Crippen LogP contribution in [0.4, 0.5) is 9.52 Å². The summed E-state index contributed by atoms with van der Waals surface area (Å²) in [5.41, 5.74) is 1.10. The monoisotopic (exact) mass is 316 g/mol. The van der Waals surface area contributed by atoms with Gasteiger partial charge in [-0.25, -0.2) is 9.37 Å². The smallest absolute Gasteiger partial charge is 0.185 e. The molecule has 1 saturated heterocycles. The number of nitrogens with zero attached hydrogens (tertiary/aromatic N) is 4. The number of aromatic nitrogens is 1. The van der Waals surface area contributed by atoms with E-state index in [1.807, 2.05) is 11.6 Å². The van der Waals surface area contributed by atoms with Crippen molar-refractivity contribution in [3.8, 4) is 6.07 Å². The zero-order chi connectivity index (χ0) is 15.5. The molecule has 1 aliphatic heterocycles. The van der Waals surface area contributed by atoms with Gasteiger partial charge in [-0.1, -0.05) is 0 Å². The first kappa shape index (κ1) is 14.9. The molecule has 0 N–H and O–H groups in total. The van der Waals surface area contributed by atoms with Crippen LogP contribution < -0.4 is 4.90 Å². The third-order valence-electron chi connectivity index (χ3n) is 3.95. The maximum atomic E-state index is 13.9. The van der Waals surface area contributed by atoms with Crippen LogP contribution in [0.1, 0.15) is 18.1 Å². The lowest BCUT2D eigenvalue weighted by molar-refractivity contribution is 0.218. The van der Waals surface area contributed by atoms with Crippen LogP contribution in [0.5, 0.6) is 0 Å². The van der Waals surface area contributed by atoms with Crippen molar-refractivity contribution in [2.45, 2.75) is 19.5 Å². The van der Waals surface area contributed by atoms with Gasteiger partial charge in [-0.3, -0.25) is 4.90 Å². The lowest BCUT2D eigenvalue weighted by Crippen LogP contribution is -2.51. The molecule has 2 aromatic rings. The van der Waals surface area contributed by atoms with Crippen LogP contribution in [-0.4, -0.2) is 35.6 Å². The number of hydrogen-bond acceptors (Lipinski definition) is 5. The molecule has 2 heterocycles. The van der Waals surface area contributed by atoms with Crippen molar-refractivity contribution >= 4 is 16.5 Å². The van der Waals surface area contributed by atoms with Crippen LogP contribution >= 0.6 is 11.3 Å². The summed E-state index contributed by atoms with van der Waals surface area (Å²) in [5, 5.41) is 12.0. The summed E-state index contributed by atoms with van der Waals surface area (Å²) in [5.74, 6) is -0.242. The Morgan fingerprint density at radius 1 is 1.45 bits per heavy atom. The molecule has 1 aromatic heterocycles. The van der Waals surface area contributed by atoms with Crippen molar-refractivity contribution in [1.82, 2.24) is 9.88 Å². The topological polar surface area (TPSA) is 43.2 Å². The van der Waals surface area contributed by atoms with E-state index in [1.165, 1.54) is 12.1 Å². The molecule has 0 aliphatic carbocycles. The second-order valence-electron chi connectivity index (χ2n) is 5.51. The summed E-state index contributed by atoms with van der Waals surface area (Å²) in [7, 11) is 0.